The third kappa shape index (κ3) is 3.67. The molecule has 1 aromatic heterocycles. The van der Waals surface area contributed by atoms with E-state index < -0.39 is 9.84 Å². The first-order chi connectivity index (χ1) is 12.0. The third-order valence-corrected chi connectivity index (χ3v) is 4.61. The Kier molecular flexibility index (Phi) is 4.50. The van der Waals surface area contributed by atoms with Gasteiger partial charge in [-0.2, -0.15) is 10.4 Å². The zero-order valence-electron chi connectivity index (χ0n) is 13.5. The lowest BCUT2D eigenvalue weighted by atomic mass is 10.1. The second-order valence-electron chi connectivity index (χ2n) is 5.47. The molecule has 3 rings (SSSR count). The largest absolute Gasteiger partial charge is 0.240 e. The molecule has 0 amide bonds. The molecule has 1 heterocycles. The number of hydrogen-bond donors (Lipinski definition) is 0. The van der Waals surface area contributed by atoms with Crippen molar-refractivity contribution in [3.8, 4) is 23.0 Å². The number of allylic oxidation sites excluding steroid dienone is 1. The Balaban J connectivity index is 2.22. The third-order valence-electron chi connectivity index (χ3n) is 3.61. The number of hydrogen-bond acceptors (Lipinski definition) is 4. The van der Waals surface area contributed by atoms with E-state index in [-0.39, 0.29) is 4.91 Å². The number of sulfone groups is 1. The first kappa shape index (κ1) is 16.7. The van der Waals surface area contributed by atoms with Crippen molar-refractivity contribution in [1.29, 1.82) is 5.26 Å². The van der Waals surface area contributed by atoms with Crippen LogP contribution in [0, 0.1) is 11.3 Å². The topological polar surface area (TPSA) is 75.8 Å². The molecule has 6 heteroatoms. The zero-order chi connectivity index (χ0) is 17.9. The van der Waals surface area contributed by atoms with E-state index in [1.165, 1.54) is 6.08 Å². The molecule has 0 unspecified atom stereocenters. The molecule has 0 bridgehead atoms. The highest BCUT2D eigenvalue weighted by molar-refractivity contribution is 7.95. The highest BCUT2D eigenvalue weighted by atomic mass is 32.2. The van der Waals surface area contributed by atoms with E-state index in [9.17, 15) is 13.7 Å². The SMILES string of the molecule is CS(=O)(=O)/C(C#N)=C/c1cn(-c2ccccc2)nc1-c1ccccc1. The Bertz CT molecular complexity index is 1060. The predicted octanol–water partition coefficient (Wildman–Crippen LogP) is 3.45. The fraction of sp³-hybridized carbons (Fsp3) is 0.0526. The van der Waals surface area contributed by atoms with E-state index in [1.807, 2.05) is 60.7 Å². The van der Waals surface area contributed by atoms with E-state index in [2.05, 4.69) is 5.10 Å². The van der Waals surface area contributed by atoms with Crippen molar-refractivity contribution in [2.24, 2.45) is 0 Å². The minimum atomic E-state index is -3.60. The van der Waals surface area contributed by atoms with Gasteiger partial charge in [0.1, 0.15) is 16.7 Å². The van der Waals surface area contributed by atoms with Gasteiger partial charge in [0.15, 0.2) is 9.84 Å². The smallest absolute Gasteiger partial charge is 0.185 e. The Morgan fingerprint density at radius 2 is 1.68 bits per heavy atom. The molecule has 0 N–H and O–H groups in total. The molecule has 0 radical (unpaired) electrons. The molecule has 2 aromatic carbocycles. The van der Waals surface area contributed by atoms with E-state index in [0.29, 0.717) is 11.3 Å². The summed E-state index contributed by atoms with van der Waals surface area (Å²) in [7, 11) is -3.60. The van der Waals surface area contributed by atoms with Crippen molar-refractivity contribution in [2.75, 3.05) is 6.26 Å². The van der Waals surface area contributed by atoms with Gasteiger partial charge in [-0.05, 0) is 18.2 Å². The van der Waals surface area contributed by atoms with Gasteiger partial charge in [-0.1, -0.05) is 48.5 Å². The highest BCUT2D eigenvalue weighted by Gasteiger charge is 2.15. The van der Waals surface area contributed by atoms with Gasteiger partial charge in [-0.15, -0.1) is 0 Å². The van der Waals surface area contributed by atoms with Crippen molar-refractivity contribution < 1.29 is 8.42 Å². The van der Waals surface area contributed by atoms with Gasteiger partial charge in [0.25, 0.3) is 0 Å². The van der Waals surface area contributed by atoms with Gasteiger partial charge in [-0.3, -0.25) is 0 Å². The van der Waals surface area contributed by atoms with Gasteiger partial charge in [0.2, 0.25) is 0 Å². The fourth-order valence-corrected chi connectivity index (χ4v) is 2.90. The van der Waals surface area contributed by atoms with Crippen LogP contribution in [-0.4, -0.2) is 24.5 Å². The molecule has 0 fully saturated rings. The summed E-state index contributed by atoms with van der Waals surface area (Å²) in [6.45, 7) is 0. The van der Waals surface area contributed by atoms with Crippen LogP contribution in [0.5, 0.6) is 0 Å². The van der Waals surface area contributed by atoms with E-state index >= 15 is 0 Å². The lowest BCUT2D eigenvalue weighted by molar-refractivity contribution is 0.609. The quantitative estimate of drug-likeness (QED) is 0.676. The van der Waals surface area contributed by atoms with Crippen LogP contribution in [0.1, 0.15) is 5.56 Å². The van der Waals surface area contributed by atoms with Gasteiger partial charge in [-0.25, -0.2) is 13.1 Å². The van der Waals surface area contributed by atoms with Crippen LogP contribution >= 0.6 is 0 Å². The number of para-hydroxylation sites is 1. The average Bonchev–Trinajstić information content (AvgIpc) is 3.04. The Morgan fingerprint density at radius 1 is 1.08 bits per heavy atom. The summed E-state index contributed by atoms with van der Waals surface area (Å²) in [6, 6.07) is 20.7. The van der Waals surface area contributed by atoms with Crippen LogP contribution < -0.4 is 0 Å². The van der Waals surface area contributed by atoms with E-state index in [0.717, 1.165) is 17.5 Å². The lowest BCUT2D eigenvalue weighted by Gasteiger charge is -2.00. The summed E-state index contributed by atoms with van der Waals surface area (Å²) in [5.74, 6) is 0. The first-order valence-corrected chi connectivity index (χ1v) is 9.40. The number of nitrogens with zero attached hydrogens (tertiary/aromatic N) is 3. The van der Waals surface area contributed by atoms with E-state index in [4.69, 9.17) is 0 Å². The van der Waals surface area contributed by atoms with E-state index in [1.54, 1.807) is 16.9 Å². The number of rotatable bonds is 4. The van der Waals surface area contributed by atoms with Crippen molar-refractivity contribution in [2.45, 2.75) is 0 Å². The number of aromatic nitrogens is 2. The van der Waals surface area contributed by atoms with Gasteiger partial charge >= 0.3 is 0 Å². The van der Waals surface area contributed by atoms with Crippen LogP contribution in [0.15, 0.2) is 71.8 Å². The minimum Gasteiger partial charge on any atom is -0.240 e. The molecule has 0 spiro atoms. The maximum absolute atomic E-state index is 11.8. The molecule has 25 heavy (non-hydrogen) atoms. The van der Waals surface area contributed by atoms with Crippen LogP contribution in [0.3, 0.4) is 0 Å². The Morgan fingerprint density at radius 3 is 2.24 bits per heavy atom. The predicted molar refractivity (Wildman–Crippen MR) is 97.4 cm³/mol. The molecule has 5 nitrogen and oxygen atoms in total. The summed E-state index contributed by atoms with van der Waals surface area (Å²) in [4.78, 5) is -0.294. The van der Waals surface area contributed by atoms with Crippen molar-refractivity contribution in [1.82, 2.24) is 9.78 Å². The molecule has 0 saturated carbocycles. The summed E-state index contributed by atoms with van der Waals surface area (Å²) in [5.41, 5.74) is 2.87. The molecular formula is C19H15N3O2S. The summed E-state index contributed by atoms with van der Waals surface area (Å²) < 4.78 is 25.2. The minimum absolute atomic E-state index is 0.294. The van der Waals surface area contributed by atoms with Crippen LogP contribution in [0.2, 0.25) is 0 Å². The molecule has 0 aliphatic rings. The molecular weight excluding hydrogens is 334 g/mol. The first-order valence-electron chi connectivity index (χ1n) is 7.51. The normalized spacial score (nSPS) is 11.9. The average molecular weight is 349 g/mol. The molecule has 0 aliphatic carbocycles. The van der Waals surface area contributed by atoms with Gasteiger partial charge in [0, 0.05) is 23.6 Å². The maximum Gasteiger partial charge on any atom is 0.185 e. The molecule has 0 saturated heterocycles. The van der Waals surface area contributed by atoms with Gasteiger partial charge < -0.3 is 0 Å². The molecule has 124 valence electrons. The van der Waals surface area contributed by atoms with Crippen molar-refractivity contribution in [3.63, 3.8) is 0 Å². The maximum atomic E-state index is 11.8. The van der Waals surface area contributed by atoms with Crippen LogP contribution in [0.25, 0.3) is 23.0 Å². The summed E-state index contributed by atoms with van der Waals surface area (Å²) >= 11 is 0. The standard InChI is InChI=1S/C19H15N3O2S/c1-25(23,24)18(13-20)12-16-14-22(17-10-6-3-7-11-17)21-19(16)15-8-4-2-5-9-15/h2-12,14H,1H3/b18-12+. The van der Waals surface area contributed by atoms with Crippen molar-refractivity contribution >= 4 is 15.9 Å². The number of benzene rings is 2. The summed E-state index contributed by atoms with van der Waals surface area (Å²) in [5, 5.41) is 13.8. The highest BCUT2D eigenvalue weighted by Crippen LogP contribution is 2.26. The molecule has 0 aliphatic heterocycles. The number of nitriles is 1. The van der Waals surface area contributed by atoms with Gasteiger partial charge in [0.05, 0.1) is 5.69 Å². The second kappa shape index (κ2) is 6.75. The zero-order valence-corrected chi connectivity index (χ0v) is 14.3. The molecule has 0 atom stereocenters. The fourth-order valence-electron chi connectivity index (χ4n) is 2.39. The lowest BCUT2D eigenvalue weighted by Crippen LogP contribution is -1.98. The summed E-state index contributed by atoms with van der Waals surface area (Å²) in [6.07, 6.45) is 4.11. The Labute approximate surface area is 146 Å². The van der Waals surface area contributed by atoms with Crippen LogP contribution in [-0.2, 0) is 9.84 Å². The monoisotopic (exact) mass is 349 g/mol. The Hall–Kier alpha value is -3.17. The van der Waals surface area contributed by atoms with Crippen LogP contribution in [0.4, 0.5) is 0 Å². The molecule has 3 aromatic rings. The van der Waals surface area contributed by atoms with Crippen molar-refractivity contribution in [3.05, 3.63) is 77.3 Å². The second-order valence-corrected chi connectivity index (χ2v) is 7.46.